The van der Waals surface area contributed by atoms with E-state index in [9.17, 15) is 18.5 Å². The van der Waals surface area contributed by atoms with E-state index in [1.54, 1.807) is 23.0 Å². The van der Waals surface area contributed by atoms with E-state index in [4.69, 9.17) is 0 Å². The van der Waals surface area contributed by atoms with Crippen LogP contribution in [0.3, 0.4) is 0 Å². The van der Waals surface area contributed by atoms with Gasteiger partial charge in [-0.1, -0.05) is 12.1 Å². The smallest absolute Gasteiger partial charge is 0.269 e. The first-order valence-corrected chi connectivity index (χ1v) is 7.60. The molecule has 1 heterocycles. The van der Waals surface area contributed by atoms with Crippen LogP contribution in [0.5, 0.6) is 0 Å². The van der Waals surface area contributed by atoms with E-state index in [-0.39, 0.29) is 5.69 Å². The predicted octanol–water partition coefficient (Wildman–Crippen LogP) is 1.43. The van der Waals surface area contributed by atoms with Crippen molar-refractivity contribution in [1.82, 2.24) is 9.78 Å². The van der Waals surface area contributed by atoms with Crippen molar-refractivity contribution >= 4 is 15.8 Å². The summed E-state index contributed by atoms with van der Waals surface area (Å²) in [6.45, 7) is 0.550. The topological polar surface area (TPSA) is 104 Å². The number of nitrogens with zero attached hydrogens (tertiary/aromatic N) is 3. The SMILES string of the molecule is COS(C)(=O)=O.O=[N+]([O-])c1cccc(Cn2cccn2)c1. The average molecular weight is 313 g/mol. The number of nitro groups is 1. The summed E-state index contributed by atoms with van der Waals surface area (Å²) < 4.78 is 25.2. The Bertz CT molecular complexity index is 683. The lowest BCUT2D eigenvalue weighted by atomic mass is 10.2. The van der Waals surface area contributed by atoms with Crippen molar-refractivity contribution in [3.63, 3.8) is 0 Å². The molecular weight excluding hydrogens is 298 g/mol. The van der Waals surface area contributed by atoms with Crippen molar-refractivity contribution in [3.8, 4) is 0 Å². The molecule has 0 saturated carbocycles. The third-order valence-electron chi connectivity index (χ3n) is 2.33. The number of nitro benzene ring substituents is 1. The lowest BCUT2D eigenvalue weighted by molar-refractivity contribution is -0.384. The quantitative estimate of drug-likeness (QED) is 0.480. The first kappa shape index (κ1) is 16.8. The molecule has 0 unspecified atom stereocenters. The normalized spacial score (nSPS) is 10.6. The van der Waals surface area contributed by atoms with E-state index in [0.717, 1.165) is 18.9 Å². The maximum Gasteiger partial charge on any atom is 0.269 e. The highest BCUT2D eigenvalue weighted by Crippen LogP contribution is 2.13. The summed E-state index contributed by atoms with van der Waals surface area (Å²) in [5.41, 5.74) is 0.979. The summed E-state index contributed by atoms with van der Waals surface area (Å²) in [6, 6.07) is 8.37. The van der Waals surface area contributed by atoms with Gasteiger partial charge >= 0.3 is 0 Å². The van der Waals surface area contributed by atoms with Crippen LogP contribution in [0.4, 0.5) is 5.69 Å². The van der Waals surface area contributed by atoms with Gasteiger partial charge in [-0.2, -0.15) is 13.5 Å². The molecule has 0 radical (unpaired) electrons. The Morgan fingerprint density at radius 2 is 2.05 bits per heavy atom. The van der Waals surface area contributed by atoms with E-state index in [0.29, 0.717) is 6.54 Å². The van der Waals surface area contributed by atoms with E-state index in [1.165, 1.54) is 6.07 Å². The molecule has 0 aliphatic heterocycles. The minimum absolute atomic E-state index is 0.111. The van der Waals surface area contributed by atoms with Crippen LogP contribution < -0.4 is 0 Å². The highest BCUT2D eigenvalue weighted by atomic mass is 32.2. The molecule has 114 valence electrons. The van der Waals surface area contributed by atoms with Crippen LogP contribution in [0.25, 0.3) is 0 Å². The Morgan fingerprint density at radius 1 is 1.38 bits per heavy atom. The zero-order valence-electron chi connectivity index (χ0n) is 11.5. The number of non-ortho nitro benzene ring substituents is 1. The van der Waals surface area contributed by atoms with Gasteiger partial charge in [0.1, 0.15) is 0 Å². The molecule has 0 atom stereocenters. The van der Waals surface area contributed by atoms with E-state index < -0.39 is 15.0 Å². The van der Waals surface area contributed by atoms with Crippen molar-refractivity contribution in [3.05, 3.63) is 58.4 Å². The second-order valence-corrected chi connectivity index (χ2v) is 5.74. The molecule has 0 amide bonds. The summed E-state index contributed by atoms with van der Waals surface area (Å²) in [6.07, 6.45) is 4.49. The van der Waals surface area contributed by atoms with Gasteiger partial charge in [-0.25, -0.2) is 0 Å². The maximum absolute atomic E-state index is 10.5. The molecule has 1 aromatic heterocycles. The van der Waals surface area contributed by atoms with Crippen LogP contribution in [0.2, 0.25) is 0 Å². The Labute approximate surface area is 122 Å². The van der Waals surface area contributed by atoms with Crippen molar-refractivity contribution < 1.29 is 17.5 Å². The minimum Gasteiger partial charge on any atom is -0.274 e. The number of benzene rings is 1. The van der Waals surface area contributed by atoms with E-state index in [2.05, 4.69) is 9.28 Å². The van der Waals surface area contributed by atoms with Gasteiger partial charge < -0.3 is 0 Å². The molecule has 0 bridgehead atoms. The maximum atomic E-state index is 10.5. The van der Waals surface area contributed by atoms with Crippen molar-refractivity contribution in [2.24, 2.45) is 0 Å². The van der Waals surface area contributed by atoms with Gasteiger partial charge in [-0.05, 0) is 11.6 Å². The van der Waals surface area contributed by atoms with Crippen LogP contribution in [0, 0.1) is 10.1 Å². The first-order chi connectivity index (χ1) is 9.81. The largest absolute Gasteiger partial charge is 0.274 e. The molecule has 0 saturated heterocycles. The predicted molar refractivity (Wildman–Crippen MR) is 76.3 cm³/mol. The summed E-state index contributed by atoms with van der Waals surface area (Å²) in [4.78, 5) is 10.1. The highest BCUT2D eigenvalue weighted by molar-refractivity contribution is 7.85. The number of hydrogen-bond donors (Lipinski definition) is 0. The number of hydrogen-bond acceptors (Lipinski definition) is 6. The molecule has 8 nitrogen and oxygen atoms in total. The Hall–Kier alpha value is -2.26. The standard InChI is InChI=1S/C10H9N3O2.C2H6O3S/c14-13(15)10-4-1-3-9(7-10)8-12-6-2-5-11-12;1-5-6(2,3)4/h1-7H,8H2;1-2H3. The van der Waals surface area contributed by atoms with Crippen molar-refractivity contribution in [2.75, 3.05) is 13.4 Å². The van der Waals surface area contributed by atoms with E-state index >= 15 is 0 Å². The van der Waals surface area contributed by atoms with Crippen molar-refractivity contribution in [2.45, 2.75) is 6.54 Å². The van der Waals surface area contributed by atoms with Crippen molar-refractivity contribution in [1.29, 1.82) is 0 Å². The monoisotopic (exact) mass is 313 g/mol. The van der Waals surface area contributed by atoms with Gasteiger partial charge in [0.2, 0.25) is 0 Å². The van der Waals surface area contributed by atoms with Crippen LogP contribution in [-0.4, -0.2) is 36.5 Å². The molecule has 0 spiro atoms. The molecule has 0 aliphatic carbocycles. The highest BCUT2D eigenvalue weighted by Gasteiger charge is 2.05. The summed E-state index contributed by atoms with van der Waals surface area (Å²) in [7, 11) is -2.04. The van der Waals surface area contributed by atoms with Gasteiger partial charge in [-0.15, -0.1) is 0 Å². The fourth-order valence-electron chi connectivity index (χ4n) is 1.35. The molecule has 2 rings (SSSR count). The lowest BCUT2D eigenvalue weighted by Gasteiger charge is -2.01. The van der Waals surface area contributed by atoms with Crippen LogP contribution >= 0.6 is 0 Å². The molecule has 0 aliphatic rings. The van der Waals surface area contributed by atoms with Gasteiger partial charge in [0, 0.05) is 24.5 Å². The molecule has 21 heavy (non-hydrogen) atoms. The fourth-order valence-corrected chi connectivity index (χ4v) is 1.35. The second kappa shape index (κ2) is 7.50. The lowest BCUT2D eigenvalue weighted by Crippen LogP contribution is -2.00. The fraction of sp³-hybridized carbons (Fsp3) is 0.250. The second-order valence-electron chi connectivity index (χ2n) is 4.00. The molecule has 9 heteroatoms. The Kier molecular flexibility index (Phi) is 6.00. The summed E-state index contributed by atoms with van der Waals surface area (Å²) in [5.74, 6) is 0. The average Bonchev–Trinajstić information content (AvgIpc) is 2.92. The first-order valence-electron chi connectivity index (χ1n) is 5.78. The molecule has 2 aromatic rings. The Balaban J connectivity index is 0.000000315. The van der Waals surface area contributed by atoms with Gasteiger partial charge in [-0.3, -0.25) is 19.0 Å². The van der Waals surface area contributed by atoms with Crippen LogP contribution in [0.15, 0.2) is 42.7 Å². The zero-order valence-corrected chi connectivity index (χ0v) is 12.4. The molecular formula is C12H15N3O5S. The summed E-state index contributed by atoms with van der Waals surface area (Å²) in [5, 5.41) is 14.6. The number of rotatable bonds is 4. The van der Waals surface area contributed by atoms with E-state index in [1.807, 2.05) is 18.3 Å². The summed E-state index contributed by atoms with van der Waals surface area (Å²) >= 11 is 0. The van der Waals surface area contributed by atoms with Crippen LogP contribution in [-0.2, 0) is 20.8 Å². The van der Waals surface area contributed by atoms with Gasteiger partial charge in [0.25, 0.3) is 15.8 Å². The van der Waals surface area contributed by atoms with Gasteiger partial charge in [0.15, 0.2) is 0 Å². The Morgan fingerprint density at radius 3 is 2.52 bits per heavy atom. The third kappa shape index (κ3) is 6.63. The molecule has 1 aromatic carbocycles. The zero-order chi connectivity index (χ0) is 15.9. The van der Waals surface area contributed by atoms with Crippen LogP contribution in [0.1, 0.15) is 5.56 Å². The van der Waals surface area contributed by atoms with Gasteiger partial charge in [0.05, 0.1) is 24.8 Å². The molecule has 0 N–H and O–H groups in total. The minimum atomic E-state index is -3.16. The number of aromatic nitrogens is 2. The third-order valence-corrected chi connectivity index (χ3v) is 2.93. The molecule has 0 fully saturated rings.